The molecule has 2 heterocycles. The Kier molecular flexibility index (Phi) is 6.07. The third kappa shape index (κ3) is 3.32. The van der Waals surface area contributed by atoms with Gasteiger partial charge in [0.25, 0.3) is 0 Å². The molecule has 0 bridgehead atoms. The molecule has 0 unspecified atom stereocenters. The van der Waals surface area contributed by atoms with Crippen molar-refractivity contribution in [2.45, 2.75) is 54.4 Å². The molecule has 0 saturated heterocycles. The third-order valence-corrected chi connectivity index (χ3v) is 6.46. The molecule has 3 rings (SSSR count). The summed E-state index contributed by atoms with van der Waals surface area (Å²) >= 11 is 0. The molecule has 2 aromatic rings. The smallest absolute Gasteiger partial charge is 0.508 e. The Morgan fingerprint density at radius 3 is 2.10 bits per heavy atom. The molecule has 6 heteroatoms. The molecule has 0 spiro atoms. The number of hydrogen-bond acceptors (Lipinski definition) is 1. The minimum absolute atomic E-state index is 0.151. The Morgan fingerprint density at radius 2 is 1.63 bits per heavy atom. The fraction of sp³-hybridized carbons (Fsp3) is 0.375. The van der Waals surface area contributed by atoms with Crippen molar-refractivity contribution in [3.63, 3.8) is 0 Å². The Morgan fingerprint density at radius 1 is 1.03 bits per heavy atom. The summed E-state index contributed by atoms with van der Waals surface area (Å²) in [4.78, 5) is 0. The highest BCUT2D eigenvalue weighted by molar-refractivity contribution is 6.35. The van der Waals surface area contributed by atoms with Crippen molar-refractivity contribution in [2.75, 3.05) is 0 Å². The summed E-state index contributed by atoms with van der Waals surface area (Å²) in [5.41, 5.74) is 9.02. The zero-order valence-electron chi connectivity index (χ0n) is 18.9. The van der Waals surface area contributed by atoms with E-state index in [1.807, 2.05) is 20.9 Å². The van der Waals surface area contributed by atoms with Gasteiger partial charge in [-0.3, -0.25) is 0 Å². The molecular weight excluding hydrogens is 381 g/mol. The van der Waals surface area contributed by atoms with E-state index in [1.165, 1.54) is 10.0 Å². The maximum absolute atomic E-state index is 14.3. The van der Waals surface area contributed by atoms with Gasteiger partial charge in [-0.05, 0) is 62.4 Å². The van der Waals surface area contributed by atoms with Gasteiger partial charge in [0.15, 0.2) is 11.4 Å². The second kappa shape index (κ2) is 8.25. The van der Waals surface area contributed by atoms with Crippen molar-refractivity contribution in [3.05, 3.63) is 69.2 Å². The predicted octanol–water partition coefficient (Wildman–Crippen LogP) is 5.81. The van der Waals surface area contributed by atoms with E-state index in [4.69, 9.17) is 0 Å². The van der Waals surface area contributed by atoms with Gasteiger partial charge in [-0.1, -0.05) is 26.0 Å². The van der Waals surface area contributed by atoms with E-state index < -0.39 is 7.40 Å². The molecule has 3 nitrogen and oxygen atoms in total. The lowest BCUT2D eigenvalue weighted by Crippen LogP contribution is -2.26. The molecular formula is C24H30BF2N2O+. The summed E-state index contributed by atoms with van der Waals surface area (Å²) in [5, 5.41) is 9.82. The van der Waals surface area contributed by atoms with Crippen molar-refractivity contribution in [1.29, 1.82) is 0 Å². The average Bonchev–Trinajstić information content (AvgIpc) is 3.07. The number of halogens is 2. The number of benzene rings is 1. The number of aromatic nitrogens is 1. The molecule has 1 N–H and O–H groups in total. The van der Waals surface area contributed by atoms with Crippen molar-refractivity contribution >= 4 is 18.7 Å². The number of phenolic OH excluding ortho intramolecular Hbond substituents is 1. The van der Waals surface area contributed by atoms with Crippen LogP contribution in [-0.4, -0.2) is 27.3 Å². The van der Waals surface area contributed by atoms with E-state index in [1.54, 1.807) is 31.2 Å². The Bertz CT molecular complexity index is 1090. The van der Waals surface area contributed by atoms with Crippen LogP contribution in [0.25, 0.3) is 5.57 Å². The van der Waals surface area contributed by atoms with Crippen LogP contribution in [0.2, 0.25) is 0 Å². The van der Waals surface area contributed by atoms with Gasteiger partial charge in [0, 0.05) is 30.8 Å². The number of rotatable bonds is 5. The molecule has 1 aliphatic heterocycles. The van der Waals surface area contributed by atoms with Gasteiger partial charge in [0.2, 0.25) is 0 Å². The second-order valence-electron chi connectivity index (χ2n) is 7.91. The van der Waals surface area contributed by atoms with Gasteiger partial charge < -0.3 is 9.67 Å². The number of phenols is 1. The highest BCUT2D eigenvalue weighted by atomic mass is 19.2. The van der Waals surface area contributed by atoms with Crippen molar-refractivity contribution < 1.29 is 18.2 Å². The molecule has 0 aliphatic carbocycles. The topological polar surface area (TPSA) is 28.2 Å². The Labute approximate surface area is 178 Å². The van der Waals surface area contributed by atoms with E-state index in [-0.39, 0.29) is 5.75 Å². The highest BCUT2D eigenvalue weighted by Crippen LogP contribution is 2.40. The fourth-order valence-electron chi connectivity index (χ4n) is 4.91. The number of aromatic hydroxyl groups is 1. The van der Waals surface area contributed by atoms with Crippen LogP contribution in [-0.2, 0) is 13.5 Å². The zero-order valence-corrected chi connectivity index (χ0v) is 18.9. The van der Waals surface area contributed by atoms with Crippen LogP contribution in [0.4, 0.5) is 8.63 Å². The van der Waals surface area contributed by atoms with Gasteiger partial charge in [-0.25, -0.2) is 13.1 Å². The maximum Gasteiger partial charge on any atom is 0.934 e. The Balaban J connectivity index is 2.52. The summed E-state index contributed by atoms with van der Waals surface area (Å²) in [5.74, 6) is 0.151. The first kappa shape index (κ1) is 22.1. The van der Waals surface area contributed by atoms with Crippen LogP contribution in [0.1, 0.15) is 62.2 Å². The van der Waals surface area contributed by atoms with E-state index in [0.717, 1.165) is 45.7 Å². The molecule has 0 amide bonds. The second-order valence-corrected chi connectivity index (χ2v) is 7.91. The van der Waals surface area contributed by atoms with E-state index in [0.29, 0.717) is 17.8 Å². The quantitative estimate of drug-likeness (QED) is 0.619. The number of hydrogen-bond donors (Lipinski definition) is 1. The molecule has 0 fully saturated rings. The summed E-state index contributed by atoms with van der Waals surface area (Å²) < 4.78 is 31.9. The highest BCUT2D eigenvalue weighted by Gasteiger charge is 2.47. The minimum atomic E-state index is -2.64. The van der Waals surface area contributed by atoms with Crippen molar-refractivity contribution in [3.8, 4) is 5.75 Å². The van der Waals surface area contributed by atoms with Crippen LogP contribution >= 0.6 is 0 Å². The maximum atomic E-state index is 14.3. The molecule has 1 aliphatic rings. The predicted molar refractivity (Wildman–Crippen MR) is 120 cm³/mol. The van der Waals surface area contributed by atoms with Gasteiger partial charge in [0.05, 0.1) is 11.3 Å². The largest absolute Gasteiger partial charge is 0.934 e. The van der Waals surface area contributed by atoms with Crippen molar-refractivity contribution in [1.82, 2.24) is 4.57 Å². The van der Waals surface area contributed by atoms with Crippen LogP contribution in [0.3, 0.4) is 0 Å². The SMILES string of the molecule is CCC1=C(C)C(=C(c2ccc(O)cc2)c2c(C)c(CC)c(C)n2C)[N+](B(F)F)=C1C. The van der Waals surface area contributed by atoms with E-state index in [9.17, 15) is 13.7 Å². The third-order valence-electron chi connectivity index (χ3n) is 6.46. The van der Waals surface area contributed by atoms with Crippen LogP contribution in [0, 0.1) is 13.8 Å². The van der Waals surface area contributed by atoms with E-state index in [2.05, 4.69) is 25.3 Å². The first-order chi connectivity index (χ1) is 14.1. The first-order valence-electron chi connectivity index (χ1n) is 10.5. The monoisotopic (exact) mass is 411 g/mol. The van der Waals surface area contributed by atoms with E-state index >= 15 is 0 Å². The molecule has 1 aromatic heterocycles. The molecule has 158 valence electrons. The number of allylic oxidation sites excluding steroid dienone is 2. The zero-order chi connectivity index (χ0) is 22.3. The summed E-state index contributed by atoms with van der Waals surface area (Å²) in [6.45, 7) is 12.0. The lowest BCUT2D eigenvalue weighted by molar-refractivity contribution is -0.343. The molecule has 30 heavy (non-hydrogen) atoms. The van der Waals surface area contributed by atoms with Crippen molar-refractivity contribution in [2.24, 2.45) is 7.05 Å². The van der Waals surface area contributed by atoms with Gasteiger partial charge in [-0.15, -0.1) is 0 Å². The normalized spacial score (nSPS) is 16.0. The fourth-order valence-corrected chi connectivity index (χ4v) is 4.91. The lowest BCUT2D eigenvalue weighted by atomic mass is 9.92. The lowest BCUT2D eigenvalue weighted by Gasteiger charge is -2.15. The van der Waals surface area contributed by atoms with Crippen LogP contribution in [0.15, 0.2) is 41.1 Å². The summed E-state index contributed by atoms with van der Waals surface area (Å²) in [6, 6.07) is 6.84. The van der Waals surface area contributed by atoms with Crippen LogP contribution in [0.5, 0.6) is 5.75 Å². The van der Waals surface area contributed by atoms with Gasteiger partial charge in [-0.2, -0.15) is 0 Å². The van der Waals surface area contributed by atoms with Gasteiger partial charge in [0.1, 0.15) is 5.75 Å². The molecule has 0 radical (unpaired) electrons. The molecule has 0 atom stereocenters. The standard InChI is InChI=1S/C24H29BF2N2O/c1-8-20-14(3)23(28(7)16(20)5)22(18-10-12-19(30)13-11-18)24-15(4)21(9-2)17(6)29(24)25(26)27/h10-13H,8-9H2,1-7H3/p+1. The van der Waals surface area contributed by atoms with Crippen LogP contribution < -0.4 is 0 Å². The van der Waals surface area contributed by atoms with Gasteiger partial charge >= 0.3 is 7.40 Å². The number of nitrogens with zero attached hydrogens (tertiary/aromatic N) is 2. The molecule has 0 saturated carbocycles. The first-order valence-corrected chi connectivity index (χ1v) is 10.5. The minimum Gasteiger partial charge on any atom is -0.508 e. The Hall–Kier alpha value is -2.63. The average molecular weight is 411 g/mol. The molecule has 1 aromatic carbocycles. The summed E-state index contributed by atoms with van der Waals surface area (Å²) in [6.07, 6.45) is 1.57. The summed E-state index contributed by atoms with van der Waals surface area (Å²) in [7, 11) is -0.644.